The number of unbranched alkanes of at least 4 members (excludes halogenated alkanes) is 1. The van der Waals surface area contributed by atoms with E-state index in [1.165, 1.54) is 10.6 Å². The van der Waals surface area contributed by atoms with Crippen LogP contribution in [0.2, 0.25) is 10.0 Å². The lowest BCUT2D eigenvalue weighted by Crippen LogP contribution is -2.46. The van der Waals surface area contributed by atoms with E-state index in [0.717, 1.165) is 63.1 Å². The monoisotopic (exact) mass is 629 g/mol. The first-order valence-electron chi connectivity index (χ1n) is 15.3. The molecule has 7 nitrogen and oxygen atoms in total. The molecule has 0 aliphatic carbocycles. The third-order valence-electron chi connectivity index (χ3n) is 8.24. The van der Waals surface area contributed by atoms with Crippen molar-refractivity contribution in [1.29, 1.82) is 0 Å². The molecule has 1 aliphatic heterocycles. The number of fused-ring (bicyclic) bond motifs is 1. The van der Waals surface area contributed by atoms with Gasteiger partial charge in [-0.15, -0.1) is 0 Å². The van der Waals surface area contributed by atoms with E-state index in [-0.39, 0.29) is 35.5 Å². The number of hydrogen-bond acceptors (Lipinski definition) is 6. The summed E-state index contributed by atoms with van der Waals surface area (Å²) < 4.78 is 13.2. The minimum atomic E-state index is -0.289. The molecule has 43 heavy (non-hydrogen) atoms. The number of ether oxygens (including phenoxy) is 2. The van der Waals surface area contributed by atoms with E-state index in [0.29, 0.717) is 27.9 Å². The summed E-state index contributed by atoms with van der Waals surface area (Å²) in [7, 11) is 0. The van der Waals surface area contributed by atoms with Gasteiger partial charge in [-0.3, -0.25) is 19.1 Å². The van der Waals surface area contributed by atoms with Gasteiger partial charge >= 0.3 is 5.97 Å². The Kier molecular flexibility index (Phi) is 11.4. The summed E-state index contributed by atoms with van der Waals surface area (Å²) in [6.45, 7) is 15.7. The molecule has 2 heterocycles. The van der Waals surface area contributed by atoms with Crippen molar-refractivity contribution >= 4 is 45.8 Å². The van der Waals surface area contributed by atoms with Gasteiger partial charge in [-0.25, -0.2) is 0 Å². The number of nitrogens with zero attached hydrogens (tertiary/aromatic N) is 3. The summed E-state index contributed by atoms with van der Waals surface area (Å²) in [6, 6.07) is 14.8. The summed E-state index contributed by atoms with van der Waals surface area (Å²) in [4.78, 5) is 30.3. The van der Waals surface area contributed by atoms with Crippen LogP contribution in [-0.4, -0.2) is 54.8 Å². The van der Waals surface area contributed by atoms with Gasteiger partial charge < -0.3 is 14.4 Å². The van der Waals surface area contributed by atoms with Gasteiger partial charge in [0, 0.05) is 38.3 Å². The second-order valence-electron chi connectivity index (χ2n) is 12.9. The number of benzene rings is 2. The molecule has 2 unspecified atom stereocenters. The first-order valence-corrected chi connectivity index (χ1v) is 16.0. The second kappa shape index (κ2) is 14.8. The zero-order chi connectivity index (χ0) is 31.1. The molecule has 0 saturated carbocycles. The Morgan fingerprint density at radius 2 is 1.70 bits per heavy atom. The van der Waals surface area contributed by atoms with Crippen LogP contribution < -0.4 is 15.2 Å². The minimum absolute atomic E-state index is 0.123. The Hall–Kier alpha value is -2.74. The summed E-state index contributed by atoms with van der Waals surface area (Å²) in [6.07, 6.45) is 2.86. The van der Waals surface area contributed by atoms with Crippen LogP contribution in [0.15, 0.2) is 53.3 Å². The van der Waals surface area contributed by atoms with E-state index in [4.69, 9.17) is 32.7 Å². The molecule has 1 aliphatic rings. The number of pyridine rings is 1. The molecule has 0 radical (unpaired) electrons. The zero-order valence-electron chi connectivity index (χ0n) is 26.1. The molecule has 1 aromatic heterocycles. The van der Waals surface area contributed by atoms with Gasteiger partial charge in [0.05, 0.1) is 33.8 Å². The number of piperazine rings is 1. The van der Waals surface area contributed by atoms with Crippen molar-refractivity contribution in [3.63, 3.8) is 0 Å². The summed E-state index contributed by atoms with van der Waals surface area (Å²) >= 11 is 12.6. The minimum Gasteiger partial charge on any atom is -0.494 e. The van der Waals surface area contributed by atoms with Gasteiger partial charge in [-0.1, -0.05) is 63.9 Å². The summed E-state index contributed by atoms with van der Waals surface area (Å²) in [5.41, 5.74) is 1.60. The number of hydrogen-bond donors (Lipinski definition) is 0. The highest BCUT2D eigenvalue weighted by atomic mass is 35.5. The maximum Gasteiger partial charge on any atom is 0.310 e. The highest BCUT2D eigenvalue weighted by Crippen LogP contribution is 2.33. The SMILES string of the molecule is CC(CC(C)(C)C)C(C)C(=O)OCn1c(=O)ccc2ccc(OCCCCN3CCN(c4cccc(Cl)c4Cl)CC3)cc21. The van der Waals surface area contributed by atoms with E-state index in [9.17, 15) is 9.59 Å². The van der Waals surface area contributed by atoms with Crippen molar-refractivity contribution in [3.05, 3.63) is 68.9 Å². The fourth-order valence-electron chi connectivity index (χ4n) is 5.70. The standard InChI is InChI=1S/C34H45Cl2N3O4/c1-24(22-34(3,4)5)25(2)33(41)43-23-39-30-21-27(13-11-26(30)12-14-31(39)40)42-20-7-6-15-37-16-18-38(19-17-37)29-10-8-9-28(35)32(29)36/h8-14,21,24-25H,6-7,15-20,22-23H2,1-5H3. The van der Waals surface area contributed by atoms with Crippen LogP contribution in [0.25, 0.3) is 10.9 Å². The molecular formula is C34H45Cl2N3O4. The molecule has 0 spiro atoms. The summed E-state index contributed by atoms with van der Waals surface area (Å²) in [5, 5.41) is 2.10. The van der Waals surface area contributed by atoms with Crippen LogP contribution in [0, 0.1) is 17.3 Å². The predicted molar refractivity (Wildman–Crippen MR) is 177 cm³/mol. The lowest BCUT2D eigenvalue weighted by atomic mass is 9.80. The lowest BCUT2D eigenvalue weighted by Gasteiger charge is -2.36. The van der Waals surface area contributed by atoms with Crippen LogP contribution in [0.3, 0.4) is 0 Å². The molecule has 2 aromatic carbocycles. The molecule has 0 amide bonds. The Morgan fingerprint density at radius 3 is 2.42 bits per heavy atom. The Labute approximate surface area is 265 Å². The van der Waals surface area contributed by atoms with Crippen molar-refractivity contribution < 1.29 is 14.3 Å². The lowest BCUT2D eigenvalue weighted by molar-refractivity contribution is -0.153. The highest BCUT2D eigenvalue weighted by molar-refractivity contribution is 6.43. The maximum absolute atomic E-state index is 12.8. The molecule has 3 aromatic rings. The van der Waals surface area contributed by atoms with E-state index in [1.807, 2.05) is 43.3 Å². The quantitative estimate of drug-likeness (QED) is 0.153. The smallest absolute Gasteiger partial charge is 0.310 e. The van der Waals surface area contributed by atoms with E-state index in [1.54, 1.807) is 6.07 Å². The van der Waals surface area contributed by atoms with Crippen molar-refractivity contribution in [2.24, 2.45) is 17.3 Å². The number of halogens is 2. The molecule has 0 N–H and O–H groups in total. The Morgan fingerprint density at radius 1 is 0.977 bits per heavy atom. The molecule has 9 heteroatoms. The molecule has 0 bridgehead atoms. The number of anilines is 1. The van der Waals surface area contributed by atoms with Gasteiger partial charge in [-0.2, -0.15) is 0 Å². The highest BCUT2D eigenvalue weighted by Gasteiger charge is 2.26. The van der Waals surface area contributed by atoms with Crippen LogP contribution in [0.4, 0.5) is 5.69 Å². The van der Waals surface area contributed by atoms with Crippen LogP contribution in [0.1, 0.15) is 53.9 Å². The molecule has 2 atom stereocenters. The average molecular weight is 631 g/mol. The number of carbonyl (C=O) groups is 1. The number of carbonyl (C=O) groups excluding carboxylic acids is 1. The number of rotatable bonds is 12. The fourth-order valence-corrected chi connectivity index (χ4v) is 6.12. The number of esters is 1. The van der Waals surface area contributed by atoms with Crippen LogP contribution >= 0.6 is 23.2 Å². The average Bonchev–Trinajstić information content (AvgIpc) is 2.97. The molecule has 4 rings (SSSR count). The second-order valence-corrected chi connectivity index (χ2v) is 13.7. The van der Waals surface area contributed by atoms with Gasteiger partial charge in [0.15, 0.2) is 6.73 Å². The van der Waals surface area contributed by atoms with Crippen LogP contribution in [0.5, 0.6) is 5.75 Å². The Bertz CT molecular complexity index is 1440. The van der Waals surface area contributed by atoms with Crippen LogP contribution in [-0.2, 0) is 16.3 Å². The third kappa shape index (κ3) is 9.13. The molecule has 1 saturated heterocycles. The van der Waals surface area contributed by atoms with Gasteiger partial charge in [-0.05, 0) is 72.9 Å². The van der Waals surface area contributed by atoms with Crippen molar-refractivity contribution in [3.8, 4) is 5.75 Å². The summed E-state index contributed by atoms with van der Waals surface area (Å²) in [5.74, 6) is 0.323. The van der Waals surface area contributed by atoms with Crippen molar-refractivity contribution in [2.75, 3.05) is 44.2 Å². The van der Waals surface area contributed by atoms with E-state index < -0.39 is 0 Å². The predicted octanol–water partition coefficient (Wildman–Crippen LogP) is 7.50. The molecule has 234 valence electrons. The van der Waals surface area contributed by atoms with Crippen molar-refractivity contribution in [1.82, 2.24) is 9.47 Å². The molecular weight excluding hydrogens is 585 g/mol. The van der Waals surface area contributed by atoms with E-state index >= 15 is 0 Å². The van der Waals surface area contributed by atoms with Gasteiger partial charge in [0.2, 0.25) is 0 Å². The first-order chi connectivity index (χ1) is 20.4. The van der Waals surface area contributed by atoms with Gasteiger partial charge in [0.1, 0.15) is 5.75 Å². The Balaban J connectivity index is 1.25. The topological polar surface area (TPSA) is 64.0 Å². The zero-order valence-corrected chi connectivity index (χ0v) is 27.6. The van der Waals surface area contributed by atoms with E-state index in [2.05, 4.69) is 37.5 Å². The third-order valence-corrected chi connectivity index (χ3v) is 9.05. The molecule has 1 fully saturated rings. The fraction of sp³-hybridized carbons (Fsp3) is 0.529. The number of aromatic nitrogens is 1. The van der Waals surface area contributed by atoms with Crippen molar-refractivity contribution in [2.45, 2.75) is 60.6 Å². The van der Waals surface area contributed by atoms with Gasteiger partial charge in [0.25, 0.3) is 5.56 Å². The normalized spacial score (nSPS) is 15.8. The first kappa shape index (κ1) is 33.2. The largest absolute Gasteiger partial charge is 0.494 e. The maximum atomic E-state index is 12.8.